The Morgan fingerprint density at radius 2 is 2.00 bits per heavy atom. The molecule has 0 aliphatic heterocycles. The smallest absolute Gasteiger partial charge is 0.292 e. The van der Waals surface area contributed by atoms with E-state index in [1.165, 1.54) is 0 Å². The van der Waals surface area contributed by atoms with Gasteiger partial charge < -0.3 is 10.2 Å². The molecule has 0 atom stereocenters. The lowest BCUT2D eigenvalue weighted by molar-refractivity contribution is -0.384. The Bertz CT molecular complexity index is 759. The van der Waals surface area contributed by atoms with Crippen molar-refractivity contribution in [2.75, 3.05) is 11.9 Å². The van der Waals surface area contributed by atoms with Gasteiger partial charge in [-0.25, -0.2) is 0 Å². The molecule has 0 spiro atoms. The lowest BCUT2D eigenvalue weighted by atomic mass is 10.1. The first-order valence-electron chi connectivity index (χ1n) is 7.77. The molecule has 0 heterocycles. The topological polar surface area (TPSA) is 75.5 Å². The SMILES string of the molecule is CCN(Cc1cccc(Nc2ccc(C)cc2[N+](=O)[O-])c1)C(C)=O. The number of nitrogens with one attached hydrogen (secondary N) is 1. The van der Waals surface area contributed by atoms with Gasteiger partial charge in [0, 0.05) is 31.8 Å². The number of nitro groups is 1. The minimum Gasteiger partial charge on any atom is -0.350 e. The van der Waals surface area contributed by atoms with Crippen LogP contribution in [0.25, 0.3) is 0 Å². The van der Waals surface area contributed by atoms with Gasteiger partial charge in [-0.05, 0) is 43.2 Å². The molecule has 6 heteroatoms. The van der Waals surface area contributed by atoms with Crippen molar-refractivity contribution < 1.29 is 9.72 Å². The van der Waals surface area contributed by atoms with Crippen LogP contribution >= 0.6 is 0 Å². The van der Waals surface area contributed by atoms with Crippen molar-refractivity contribution in [3.63, 3.8) is 0 Å². The minimum absolute atomic E-state index is 0.0186. The Morgan fingerprint density at radius 1 is 1.25 bits per heavy atom. The number of nitrogens with zero attached hydrogens (tertiary/aromatic N) is 2. The lowest BCUT2D eigenvalue weighted by Gasteiger charge is -2.19. The molecule has 0 aliphatic carbocycles. The molecule has 2 rings (SSSR count). The molecule has 6 nitrogen and oxygen atoms in total. The van der Waals surface area contributed by atoms with E-state index in [9.17, 15) is 14.9 Å². The number of carbonyl (C=O) groups excluding carboxylic acids is 1. The highest BCUT2D eigenvalue weighted by Crippen LogP contribution is 2.28. The van der Waals surface area contributed by atoms with E-state index in [2.05, 4.69) is 5.32 Å². The van der Waals surface area contributed by atoms with Gasteiger partial charge in [0.25, 0.3) is 5.69 Å². The van der Waals surface area contributed by atoms with Crippen molar-refractivity contribution in [3.05, 3.63) is 63.7 Å². The quantitative estimate of drug-likeness (QED) is 0.642. The highest BCUT2D eigenvalue weighted by Gasteiger charge is 2.14. The van der Waals surface area contributed by atoms with Crippen LogP contribution in [0.3, 0.4) is 0 Å². The molecule has 126 valence electrons. The Morgan fingerprint density at radius 3 is 2.62 bits per heavy atom. The third kappa shape index (κ3) is 4.32. The van der Waals surface area contributed by atoms with E-state index < -0.39 is 4.92 Å². The van der Waals surface area contributed by atoms with Crippen LogP contribution in [0.2, 0.25) is 0 Å². The number of aryl methyl sites for hydroxylation is 1. The zero-order valence-corrected chi connectivity index (χ0v) is 14.1. The molecule has 24 heavy (non-hydrogen) atoms. The van der Waals surface area contributed by atoms with E-state index in [1.807, 2.05) is 44.2 Å². The number of nitro benzene ring substituents is 1. The van der Waals surface area contributed by atoms with Gasteiger partial charge in [0.15, 0.2) is 0 Å². The standard InChI is InChI=1S/C18H21N3O3/c1-4-20(14(3)22)12-15-6-5-7-16(11-15)19-17-9-8-13(2)10-18(17)21(23)24/h5-11,19H,4,12H2,1-3H3. The van der Waals surface area contributed by atoms with Crippen molar-refractivity contribution in [1.82, 2.24) is 4.90 Å². The van der Waals surface area contributed by atoms with Crippen LogP contribution in [0.15, 0.2) is 42.5 Å². The van der Waals surface area contributed by atoms with Crippen LogP contribution in [0.4, 0.5) is 17.1 Å². The van der Waals surface area contributed by atoms with E-state index >= 15 is 0 Å². The third-order valence-corrected chi connectivity index (χ3v) is 3.76. The minimum atomic E-state index is -0.395. The van der Waals surface area contributed by atoms with E-state index in [0.717, 1.165) is 16.8 Å². The van der Waals surface area contributed by atoms with Crippen molar-refractivity contribution in [1.29, 1.82) is 0 Å². The summed E-state index contributed by atoms with van der Waals surface area (Å²) in [7, 11) is 0. The zero-order chi connectivity index (χ0) is 17.7. The summed E-state index contributed by atoms with van der Waals surface area (Å²) in [5.74, 6) is 0.0186. The summed E-state index contributed by atoms with van der Waals surface area (Å²) in [6, 6.07) is 12.6. The second-order valence-electron chi connectivity index (χ2n) is 5.64. The van der Waals surface area contributed by atoms with Crippen LogP contribution in [-0.4, -0.2) is 22.3 Å². The number of carbonyl (C=O) groups is 1. The van der Waals surface area contributed by atoms with Gasteiger partial charge in [-0.1, -0.05) is 18.2 Å². The van der Waals surface area contributed by atoms with Gasteiger partial charge in [0.2, 0.25) is 5.91 Å². The summed E-state index contributed by atoms with van der Waals surface area (Å²) in [6.07, 6.45) is 0. The van der Waals surface area contributed by atoms with Gasteiger partial charge in [0.1, 0.15) is 5.69 Å². The molecule has 0 saturated heterocycles. The molecule has 2 aromatic rings. The predicted molar refractivity (Wildman–Crippen MR) is 94.3 cm³/mol. The first kappa shape index (κ1) is 17.5. The molecule has 0 bridgehead atoms. The summed E-state index contributed by atoms with van der Waals surface area (Å²) in [6.45, 7) is 6.44. The Kier molecular flexibility index (Phi) is 5.52. The van der Waals surface area contributed by atoms with Crippen molar-refractivity contribution in [2.45, 2.75) is 27.3 Å². The predicted octanol–water partition coefficient (Wildman–Crippen LogP) is 4.02. The van der Waals surface area contributed by atoms with Gasteiger partial charge in [-0.15, -0.1) is 0 Å². The maximum absolute atomic E-state index is 11.5. The number of hydrogen-bond donors (Lipinski definition) is 1. The van der Waals surface area contributed by atoms with Crippen LogP contribution in [-0.2, 0) is 11.3 Å². The Labute approximate surface area is 141 Å². The van der Waals surface area contributed by atoms with Crippen molar-refractivity contribution in [3.8, 4) is 0 Å². The number of anilines is 2. The molecule has 1 amide bonds. The fraction of sp³-hybridized carbons (Fsp3) is 0.278. The Balaban J connectivity index is 2.24. The largest absolute Gasteiger partial charge is 0.350 e. The number of amides is 1. The second-order valence-corrected chi connectivity index (χ2v) is 5.64. The van der Waals surface area contributed by atoms with Crippen molar-refractivity contribution in [2.24, 2.45) is 0 Å². The third-order valence-electron chi connectivity index (χ3n) is 3.76. The molecule has 0 aliphatic rings. The van der Waals surface area contributed by atoms with Crippen LogP contribution in [0.1, 0.15) is 25.0 Å². The van der Waals surface area contributed by atoms with Crippen molar-refractivity contribution >= 4 is 23.0 Å². The maximum atomic E-state index is 11.5. The monoisotopic (exact) mass is 327 g/mol. The van der Waals surface area contributed by atoms with E-state index in [4.69, 9.17) is 0 Å². The van der Waals surface area contributed by atoms with Crippen LogP contribution < -0.4 is 5.32 Å². The first-order chi connectivity index (χ1) is 11.4. The summed E-state index contributed by atoms with van der Waals surface area (Å²) >= 11 is 0. The first-order valence-corrected chi connectivity index (χ1v) is 7.77. The molecule has 0 aromatic heterocycles. The van der Waals surface area contributed by atoms with E-state index in [1.54, 1.807) is 24.0 Å². The number of rotatable bonds is 6. The average Bonchev–Trinajstić information content (AvgIpc) is 2.54. The number of benzene rings is 2. The van der Waals surface area contributed by atoms with E-state index in [0.29, 0.717) is 18.8 Å². The normalized spacial score (nSPS) is 10.3. The highest BCUT2D eigenvalue weighted by atomic mass is 16.6. The zero-order valence-electron chi connectivity index (χ0n) is 14.1. The highest BCUT2D eigenvalue weighted by molar-refractivity contribution is 5.73. The van der Waals surface area contributed by atoms with Gasteiger partial charge >= 0.3 is 0 Å². The molecule has 0 saturated carbocycles. The molecule has 0 radical (unpaired) electrons. The van der Waals surface area contributed by atoms with Gasteiger partial charge in [-0.2, -0.15) is 0 Å². The lowest BCUT2D eigenvalue weighted by Crippen LogP contribution is -2.27. The molecular formula is C18H21N3O3. The molecule has 1 N–H and O–H groups in total. The molecule has 0 unspecified atom stereocenters. The molecule has 0 fully saturated rings. The molecule has 2 aromatic carbocycles. The molecular weight excluding hydrogens is 306 g/mol. The summed E-state index contributed by atoms with van der Waals surface area (Å²) in [4.78, 5) is 24.1. The number of hydrogen-bond acceptors (Lipinski definition) is 4. The van der Waals surface area contributed by atoms with Crippen LogP contribution in [0, 0.1) is 17.0 Å². The van der Waals surface area contributed by atoms with Crippen LogP contribution in [0.5, 0.6) is 0 Å². The summed E-state index contributed by atoms with van der Waals surface area (Å²) < 4.78 is 0. The Hall–Kier alpha value is -2.89. The maximum Gasteiger partial charge on any atom is 0.292 e. The second kappa shape index (κ2) is 7.59. The summed E-state index contributed by atoms with van der Waals surface area (Å²) in [5.41, 5.74) is 3.04. The van der Waals surface area contributed by atoms with Gasteiger partial charge in [0.05, 0.1) is 4.92 Å². The average molecular weight is 327 g/mol. The summed E-state index contributed by atoms with van der Waals surface area (Å²) in [5, 5.41) is 14.3. The fourth-order valence-corrected chi connectivity index (χ4v) is 2.47. The van der Waals surface area contributed by atoms with Gasteiger partial charge in [-0.3, -0.25) is 14.9 Å². The fourth-order valence-electron chi connectivity index (χ4n) is 2.47. The van der Waals surface area contributed by atoms with E-state index in [-0.39, 0.29) is 11.6 Å².